The Morgan fingerprint density at radius 3 is 2.04 bits per heavy atom. The summed E-state index contributed by atoms with van der Waals surface area (Å²) in [5.74, 6) is -1.03. The minimum atomic E-state index is -1.03. The second kappa shape index (κ2) is 10.6. The molecule has 0 amide bonds. The number of carboxylic acids is 1. The molecule has 0 aromatic heterocycles. The van der Waals surface area contributed by atoms with Gasteiger partial charge in [-0.15, -0.1) is 0 Å². The third kappa shape index (κ3) is 6.20. The number of rotatable bonds is 11. The van der Waals surface area contributed by atoms with Gasteiger partial charge in [-0.2, -0.15) is 0 Å². The van der Waals surface area contributed by atoms with Crippen molar-refractivity contribution in [2.24, 2.45) is 5.16 Å². The number of carbonyl (C=O) groups is 1. The first-order valence-electron chi connectivity index (χ1n) is 9.57. The lowest BCUT2D eigenvalue weighted by Crippen LogP contribution is -2.31. The molecule has 0 spiro atoms. The van der Waals surface area contributed by atoms with Crippen molar-refractivity contribution >= 4 is 11.7 Å². The van der Waals surface area contributed by atoms with Crippen molar-refractivity contribution in [1.29, 1.82) is 0 Å². The molecule has 0 aliphatic heterocycles. The van der Waals surface area contributed by atoms with E-state index in [9.17, 15) is 4.79 Å². The molecule has 150 valence electrons. The van der Waals surface area contributed by atoms with Crippen LogP contribution in [-0.2, 0) is 15.0 Å². The van der Waals surface area contributed by atoms with Gasteiger partial charge >= 0.3 is 5.97 Å². The fraction of sp³-hybridized carbons (Fsp3) is 0.391. The highest BCUT2D eigenvalue weighted by Gasteiger charge is 2.34. The van der Waals surface area contributed by atoms with Crippen LogP contribution in [0, 0.1) is 0 Å². The van der Waals surface area contributed by atoms with E-state index in [1.165, 1.54) is 11.1 Å². The Morgan fingerprint density at radius 1 is 1.04 bits per heavy atom. The summed E-state index contributed by atoms with van der Waals surface area (Å²) in [6.45, 7) is 2.46. The molecule has 0 unspecified atom stereocenters. The van der Waals surface area contributed by atoms with Gasteiger partial charge in [0, 0.05) is 11.8 Å². The Kier molecular flexibility index (Phi) is 8.20. The minimum absolute atomic E-state index is 0.251. The van der Waals surface area contributed by atoms with E-state index in [4.69, 9.17) is 9.94 Å². The standard InChI is InChI=1S/C23H30N2O3/c1-19(24-28-18-22(26)27)17-23(15-10-16-25(2)3,20-11-6-4-7-12-20)21-13-8-5-9-14-21/h4-9,11-14H,10,15-18H2,1-3H3,(H,26,27). The number of benzene rings is 2. The molecule has 0 aliphatic carbocycles. The van der Waals surface area contributed by atoms with Crippen LogP contribution in [-0.4, -0.2) is 48.9 Å². The van der Waals surface area contributed by atoms with Crippen LogP contribution < -0.4 is 0 Å². The Hall–Kier alpha value is -2.66. The van der Waals surface area contributed by atoms with Crippen LogP contribution in [0.25, 0.3) is 0 Å². The zero-order valence-corrected chi connectivity index (χ0v) is 17.0. The monoisotopic (exact) mass is 382 g/mol. The Morgan fingerprint density at radius 2 is 1.57 bits per heavy atom. The van der Waals surface area contributed by atoms with Gasteiger partial charge in [-0.3, -0.25) is 0 Å². The van der Waals surface area contributed by atoms with E-state index in [1.54, 1.807) is 0 Å². The number of oxime groups is 1. The summed E-state index contributed by atoms with van der Waals surface area (Å²) in [5.41, 5.74) is 2.98. The van der Waals surface area contributed by atoms with E-state index in [1.807, 2.05) is 19.1 Å². The third-order valence-corrected chi connectivity index (χ3v) is 4.83. The SMILES string of the molecule is CC(CC(CCCN(C)C)(c1ccccc1)c1ccccc1)=NOCC(=O)O. The largest absolute Gasteiger partial charge is 0.479 e. The zero-order valence-electron chi connectivity index (χ0n) is 17.0. The quantitative estimate of drug-likeness (QED) is 0.468. The van der Waals surface area contributed by atoms with Gasteiger partial charge in [0.1, 0.15) is 0 Å². The van der Waals surface area contributed by atoms with E-state index in [2.05, 4.69) is 72.7 Å². The molecular formula is C23H30N2O3. The molecule has 0 heterocycles. The van der Waals surface area contributed by atoms with E-state index in [0.717, 1.165) is 25.1 Å². The van der Waals surface area contributed by atoms with Crippen LogP contribution in [0.4, 0.5) is 0 Å². The van der Waals surface area contributed by atoms with Crippen LogP contribution in [0.5, 0.6) is 0 Å². The highest BCUT2D eigenvalue weighted by Crippen LogP contribution is 2.40. The number of aliphatic carboxylic acids is 1. The van der Waals surface area contributed by atoms with Crippen LogP contribution in [0.1, 0.15) is 37.3 Å². The van der Waals surface area contributed by atoms with Gasteiger partial charge in [0.05, 0.1) is 5.71 Å². The fourth-order valence-electron chi connectivity index (χ4n) is 3.63. The zero-order chi connectivity index (χ0) is 20.4. The Labute approximate surface area is 167 Å². The molecule has 0 aliphatic rings. The summed E-state index contributed by atoms with van der Waals surface area (Å²) in [7, 11) is 4.17. The second-order valence-corrected chi connectivity index (χ2v) is 7.39. The van der Waals surface area contributed by atoms with Crippen molar-refractivity contribution in [3.05, 3.63) is 71.8 Å². The molecule has 0 saturated carbocycles. The molecule has 2 aromatic carbocycles. The Bertz CT molecular complexity index is 718. The van der Waals surface area contributed by atoms with Crippen LogP contribution in [0.15, 0.2) is 65.8 Å². The normalized spacial score (nSPS) is 12.2. The average molecular weight is 383 g/mol. The van der Waals surface area contributed by atoms with Crippen molar-refractivity contribution in [2.45, 2.75) is 31.6 Å². The average Bonchev–Trinajstić information content (AvgIpc) is 2.68. The van der Waals surface area contributed by atoms with Crippen LogP contribution >= 0.6 is 0 Å². The van der Waals surface area contributed by atoms with Crippen LogP contribution in [0.2, 0.25) is 0 Å². The van der Waals surface area contributed by atoms with Crippen molar-refractivity contribution in [2.75, 3.05) is 27.2 Å². The number of hydrogen-bond acceptors (Lipinski definition) is 4. The first-order chi connectivity index (χ1) is 13.4. The maximum atomic E-state index is 10.7. The molecule has 2 rings (SSSR count). The lowest BCUT2D eigenvalue weighted by molar-refractivity contribution is -0.142. The van der Waals surface area contributed by atoms with Gasteiger partial charge in [0.2, 0.25) is 6.61 Å². The molecule has 2 aromatic rings. The van der Waals surface area contributed by atoms with Gasteiger partial charge in [-0.25, -0.2) is 4.79 Å². The summed E-state index contributed by atoms with van der Waals surface area (Å²) in [5, 5.41) is 12.9. The number of carboxylic acid groups (broad SMARTS) is 1. The molecule has 0 bridgehead atoms. The maximum Gasteiger partial charge on any atom is 0.344 e. The minimum Gasteiger partial charge on any atom is -0.479 e. The molecule has 1 N–H and O–H groups in total. The van der Waals surface area contributed by atoms with Crippen molar-refractivity contribution in [3.8, 4) is 0 Å². The van der Waals surface area contributed by atoms with Crippen LogP contribution in [0.3, 0.4) is 0 Å². The summed E-state index contributed by atoms with van der Waals surface area (Å²) >= 11 is 0. The predicted octanol–water partition coefficient (Wildman–Crippen LogP) is 4.18. The molecule has 0 saturated heterocycles. The topological polar surface area (TPSA) is 62.1 Å². The summed E-state index contributed by atoms with van der Waals surface area (Å²) in [4.78, 5) is 17.9. The first kappa shape index (κ1) is 21.6. The van der Waals surface area contributed by atoms with Gasteiger partial charge in [0.25, 0.3) is 0 Å². The fourth-order valence-corrected chi connectivity index (χ4v) is 3.63. The predicted molar refractivity (Wildman–Crippen MR) is 113 cm³/mol. The van der Waals surface area contributed by atoms with Gasteiger partial charge < -0.3 is 14.8 Å². The summed E-state index contributed by atoms with van der Waals surface area (Å²) in [6.07, 6.45) is 2.64. The molecular weight excluding hydrogens is 352 g/mol. The van der Waals surface area contributed by atoms with E-state index in [0.29, 0.717) is 6.42 Å². The van der Waals surface area contributed by atoms with Gasteiger partial charge in [-0.05, 0) is 51.5 Å². The number of hydrogen-bond donors (Lipinski definition) is 1. The highest BCUT2D eigenvalue weighted by atomic mass is 16.6. The smallest absolute Gasteiger partial charge is 0.344 e. The van der Waals surface area contributed by atoms with E-state index in [-0.39, 0.29) is 5.41 Å². The molecule has 0 fully saturated rings. The molecule has 0 radical (unpaired) electrons. The van der Waals surface area contributed by atoms with E-state index >= 15 is 0 Å². The Balaban J connectivity index is 2.42. The molecule has 5 heteroatoms. The maximum absolute atomic E-state index is 10.7. The summed E-state index contributed by atoms with van der Waals surface area (Å²) < 4.78 is 0. The molecule has 0 atom stereocenters. The van der Waals surface area contributed by atoms with Gasteiger partial charge in [-0.1, -0.05) is 65.8 Å². The first-order valence-corrected chi connectivity index (χ1v) is 9.57. The molecule has 28 heavy (non-hydrogen) atoms. The lowest BCUT2D eigenvalue weighted by Gasteiger charge is -2.36. The van der Waals surface area contributed by atoms with Crippen molar-refractivity contribution in [3.63, 3.8) is 0 Å². The highest BCUT2D eigenvalue weighted by molar-refractivity contribution is 5.83. The van der Waals surface area contributed by atoms with E-state index < -0.39 is 12.6 Å². The number of nitrogens with zero attached hydrogens (tertiary/aromatic N) is 2. The van der Waals surface area contributed by atoms with Crippen molar-refractivity contribution < 1.29 is 14.7 Å². The lowest BCUT2D eigenvalue weighted by atomic mass is 9.68. The summed E-state index contributed by atoms with van der Waals surface area (Å²) in [6, 6.07) is 20.9. The second-order valence-electron chi connectivity index (χ2n) is 7.39. The molecule has 5 nitrogen and oxygen atoms in total. The third-order valence-electron chi connectivity index (χ3n) is 4.83. The van der Waals surface area contributed by atoms with Crippen molar-refractivity contribution in [1.82, 2.24) is 4.90 Å². The van der Waals surface area contributed by atoms with Gasteiger partial charge in [0.15, 0.2) is 0 Å².